The van der Waals surface area contributed by atoms with Crippen molar-refractivity contribution in [1.29, 1.82) is 0 Å². The standard InChI is InChI=1S/C18H35N3/c1-3-9-20-10-4-5-17(14-20)15(2)19-12-16-8-11-21(13-16)18-6-7-18/h15-19H,3-14H2,1-2H3. The molecule has 1 aliphatic carbocycles. The summed E-state index contributed by atoms with van der Waals surface area (Å²) in [6.45, 7) is 12.6. The maximum absolute atomic E-state index is 3.88. The number of piperidine rings is 1. The van der Waals surface area contributed by atoms with Crippen molar-refractivity contribution in [3.8, 4) is 0 Å². The predicted octanol–water partition coefficient (Wildman–Crippen LogP) is 2.57. The van der Waals surface area contributed by atoms with Crippen LogP contribution in [0.1, 0.15) is 52.4 Å². The Bertz CT molecular complexity index is 314. The van der Waals surface area contributed by atoms with Crippen molar-refractivity contribution in [1.82, 2.24) is 15.1 Å². The summed E-state index contributed by atoms with van der Waals surface area (Å²) in [5, 5.41) is 3.88. The van der Waals surface area contributed by atoms with Gasteiger partial charge in [-0.25, -0.2) is 0 Å². The van der Waals surface area contributed by atoms with Gasteiger partial charge in [-0.2, -0.15) is 0 Å². The average molecular weight is 293 g/mol. The van der Waals surface area contributed by atoms with Crippen LogP contribution in [0.3, 0.4) is 0 Å². The van der Waals surface area contributed by atoms with Crippen LogP contribution in [0.5, 0.6) is 0 Å². The molecule has 3 heteroatoms. The smallest absolute Gasteiger partial charge is 0.00965 e. The van der Waals surface area contributed by atoms with E-state index in [-0.39, 0.29) is 0 Å². The first-order chi connectivity index (χ1) is 10.3. The molecular formula is C18H35N3. The lowest BCUT2D eigenvalue weighted by molar-refractivity contribution is 0.149. The molecule has 0 aromatic heterocycles. The molecule has 2 heterocycles. The summed E-state index contributed by atoms with van der Waals surface area (Å²) in [4.78, 5) is 5.41. The average Bonchev–Trinajstić information content (AvgIpc) is 3.24. The summed E-state index contributed by atoms with van der Waals surface area (Å²) < 4.78 is 0. The van der Waals surface area contributed by atoms with Crippen molar-refractivity contribution in [2.24, 2.45) is 11.8 Å². The van der Waals surface area contributed by atoms with Gasteiger partial charge in [0.1, 0.15) is 0 Å². The molecule has 3 unspecified atom stereocenters. The molecule has 0 spiro atoms. The second-order valence-corrected chi connectivity index (χ2v) is 7.78. The van der Waals surface area contributed by atoms with E-state index < -0.39 is 0 Å². The monoisotopic (exact) mass is 293 g/mol. The summed E-state index contributed by atoms with van der Waals surface area (Å²) in [5.41, 5.74) is 0. The van der Waals surface area contributed by atoms with Gasteiger partial charge in [-0.05, 0) is 83.5 Å². The van der Waals surface area contributed by atoms with Gasteiger partial charge in [0.2, 0.25) is 0 Å². The van der Waals surface area contributed by atoms with Gasteiger partial charge < -0.3 is 15.1 Å². The Labute approximate surface area is 131 Å². The zero-order valence-corrected chi connectivity index (χ0v) is 14.2. The van der Waals surface area contributed by atoms with Gasteiger partial charge >= 0.3 is 0 Å². The summed E-state index contributed by atoms with van der Waals surface area (Å²) in [7, 11) is 0. The Balaban J connectivity index is 1.36. The van der Waals surface area contributed by atoms with Crippen LogP contribution in [0.15, 0.2) is 0 Å². The van der Waals surface area contributed by atoms with Crippen molar-refractivity contribution in [3.63, 3.8) is 0 Å². The van der Waals surface area contributed by atoms with Crippen LogP contribution in [0.2, 0.25) is 0 Å². The first-order valence-corrected chi connectivity index (χ1v) is 9.46. The molecule has 3 fully saturated rings. The predicted molar refractivity (Wildman–Crippen MR) is 89.6 cm³/mol. The van der Waals surface area contributed by atoms with Crippen LogP contribution in [0.25, 0.3) is 0 Å². The molecule has 1 N–H and O–H groups in total. The molecule has 0 aromatic carbocycles. The van der Waals surface area contributed by atoms with E-state index in [1.807, 2.05) is 0 Å². The maximum Gasteiger partial charge on any atom is 0.00965 e. The minimum Gasteiger partial charge on any atom is -0.314 e. The lowest BCUT2D eigenvalue weighted by Gasteiger charge is -2.36. The van der Waals surface area contributed by atoms with Crippen molar-refractivity contribution in [2.45, 2.75) is 64.5 Å². The fraction of sp³-hybridized carbons (Fsp3) is 1.00. The normalized spacial score (nSPS) is 33.4. The molecule has 3 nitrogen and oxygen atoms in total. The van der Waals surface area contributed by atoms with Crippen molar-refractivity contribution < 1.29 is 0 Å². The third kappa shape index (κ3) is 4.43. The highest BCUT2D eigenvalue weighted by Gasteiger charge is 2.34. The number of nitrogens with one attached hydrogen (secondary N) is 1. The van der Waals surface area contributed by atoms with E-state index in [9.17, 15) is 0 Å². The van der Waals surface area contributed by atoms with E-state index in [1.54, 1.807) is 0 Å². The molecule has 122 valence electrons. The van der Waals surface area contributed by atoms with E-state index in [0.29, 0.717) is 6.04 Å². The largest absolute Gasteiger partial charge is 0.314 e. The topological polar surface area (TPSA) is 18.5 Å². The van der Waals surface area contributed by atoms with Gasteiger partial charge in [0, 0.05) is 25.2 Å². The second-order valence-electron chi connectivity index (χ2n) is 7.78. The number of likely N-dealkylation sites (tertiary alicyclic amines) is 2. The number of hydrogen-bond donors (Lipinski definition) is 1. The number of hydrogen-bond acceptors (Lipinski definition) is 3. The third-order valence-corrected chi connectivity index (χ3v) is 5.90. The lowest BCUT2D eigenvalue weighted by atomic mass is 9.91. The van der Waals surface area contributed by atoms with Gasteiger partial charge in [0.15, 0.2) is 0 Å². The van der Waals surface area contributed by atoms with Crippen molar-refractivity contribution in [2.75, 3.05) is 39.3 Å². The lowest BCUT2D eigenvalue weighted by Crippen LogP contribution is -2.45. The Morgan fingerprint density at radius 3 is 2.71 bits per heavy atom. The van der Waals surface area contributed by atoms with Gasteiger partial charge in [-0.3, -0.25) is 0 Å². The fourth-order valence-corrected chi connectivity index (χ4v) is 4.34. The fourth-order valence-electron chi connectivity index (χ4n) is 4.34. The van der Waals surface area contributed by atoms with Crippen LogP contribution in [-0.4, -0.2) is 61.2 Å². The molecular weight excluding hydrogens is 258 g/mol. The molecule has 21 heavy (non-hydrogen) atoms. The van der Waals surface area contributed by atoms with E-state index in [2.05, 4.69) is 29.0 Å². The Hall–Kier alpha value is -0.120. The van der Waals surface area contributed by atoms with E-state index in [4.69, 9.17) is 0 Å². The quantitative estimate of drug-likeness (QED) is 0.778. The summed E-state index contributed by atoms with van der Waals surface area (Å²) in [5.74, 6) is 1.77. The first kappa shape index (κ1) is 15.8. The van der Waals surface area contributed by atoms with Crippen LogP contribution in [-0.2, 0) is 0 Å². The summed E-state index contributed by atoms with van der Waals surface area (Å²) >= 11 is 0. The Morgan fingerprint density at radius 1 is 1.10 bits per heavy atom. The molecule has 0 aromatic rings. The third-order valence-electron chi connectivity index (χ3n) is 5.90. The van der Waals surface area contributed by atoms with E-state index in [1.165, 1.54) is 77.8 Å². The number of rotatable bonds is 7. The molecule has 0 radical (unpaired) electrons. The zero-order valence-electron chi connectivity index (χ0n) is 14.2. The number of nitrogens with zero attached hydrogens (tertiary/aromatic N) is 2. The van der Waals surface area contributed by atoms with Crippen LogP contribution >= 0.6 is 0 Å². The highest BCUT2D eigenvalue weighted by molar-refractivity contribution is 4.90. The zero-order chi connectivity index (χ0) is 14.7. The molecule has 1 saturated carbocycles. The molecule has 3 atom stereocenters. The SMILES string of the molecule is CCCN1CCCC(C(C)NCC2CCN(C3CC3)C2)C1. The summed E-state index contributed by atoms with van der Waals surface area (Å²) in [6, 6.07) is 1.66. The van der Waals surface area contributed by atoms with Crippen molar-refractivity contribution >= 4 is 0 Å². The van der Waals surface area contributed by atoms with E-state index in [0.717, 1.165) is 17.9 Å². The van der Waals surface area contributed by atoms with Gasteiger partial charge in [0.05, 0.1) is 0 Å². The second kappa shape index (κ2) is 7.43. The molecule has 3 aliphatic rings. The molecule has 0 bridgehead atoms. The van der Waals surface area contributed by atoms with Gasteiger partial charge in [-0.1, -0.05) is 6.92 Å². The van der Waals surface area contributed by atoms with Crippen molar-refractivity contribution in [3.05, 3.63) is 0 Å². The molecule has 3 rings (SSSR count). The minimum atomic E-state index is 0.694. The molecule has 2 saturated heterocycles. The van der Waals surface area contributed by atoms with Crippen LogP contribution in [0.4, 0.5) is 0 Å². The van der Waals surface area contributed by atoms with Crippen LogP contribution in [0, 0.1) is 11.8 Å². The molecule has 2 aliphatic heterocycles. The van der Waals surface area contributed by atoms with E-state index >= 15 is 0 Å². The van der Waals surface area contributed by atoms with Gasteiger partial charge in [0.25, 0.3) is 0 Å². The highest BCUT2D eigenvalue weighted by Crippen LogP contribution is 2.31. The molecule has 0 amide bonds. The highest BCUT2D eigenvalue weighted by atomic mass is 15.2. The first-order valence-electron chi connectivity index (χ1n) is 9.46. The maximum atomic E-state index is 3.88. The Kier molecular flexibility index (Phi) is 5.58. The minimum absolute atomic E-state index is 0.694. The van der Waals surface area contributed by atoms with Gasteiger partial charge in [-0.15, -0.1) is 0 Å². The Morgan fingerprint density at radius 2 is 1.95 bits per heavy atom. The van der Waals surface area contributed by atoms with Crippen LogP contribution < -0.4 is 5.32 Å². The summed E-state index contributed by atoms with van der Waals surface area (Å²) in [6.07, 6.45) is 8.47.